The van der Waals surface area contributed by atoms with E-state index in [1.165, 1.54) is 16.7 Å². The predicted octanol–water partition coefficient (Wildman–Crippen LogP) is 5.58. The van der Waals surface area contributed by atoms with Crippen LogP contribution < -0.4 is 5.32 Å². The summed E-state index contributed by atoms with van der Waals surface area (Å²) < 4.78 is 0. The number of hydrogen-bond donors (Lipinski definition) is 1. The molecule has 0 unspecified atom stereocenters. The minimum Gasteiger partial charge on any atom is -0.391 e. The number of hydrogen-bond acceptors (Lipinski definition) is 1. The first kappa shape index (κ1) is 17.8. The van der Waals surface area contributed by atoms with Crippen LogP contribution in [-0.4, -0.2) is 6.54 Å². The molecule has 0 saturated heterocycles. The minimum absolute atomic E-state index is 0.965. The Bertz CT molecular complexity index is 573. The van der Waals surface area contributed by atoms with Crippen molar-refractivity contribution in [3.8, 4) is 0 Å². The Morgan fingerprint density at radius 2 is 2.00 bits per heavy atom. The van der Waals surface area contributed by atoms with Gasteiger partial charge in [0.2, 0.25) is 0 Å². The highest BCUT2D eigenvalue weighted by Gasteiger charge is 1.92. The van der Waals surface area contributed by atoms with Gasteiger partial charge in [0.15, 0.2) is 0 Å². The van der Waals surface area contributed by atoms with Crippen molar-refractivity contribution < 1.29 is 0 Å². The molecular weight excluding hydrogens is 266 g/mol. The Morgan fingerprint density at radius 3 is 2.68 bits per heavy atom. The first-order chi connectivity index (χ1) is 10.6. The average Bonchev–Trinajstić information content (AvgIpc) is 2.49. The third-order valence-corrected chi connectivity index (χ3v) is 3.27. The molecule has 0 aliphatic heterocycles. The maximum atomic E-state index is 3.91. The second-order valence-electron chi connectivity index (χ2n) is 5.44. The van der Waals surface area contributed by atoms with Gasteiger partial charge in [0.1, 0.15) is 0 Å². The van der Waals surface area contributed by atoms with Gasteiger partial charge in [-0.1, -0.05) is 60.7 Å². The summed E-state index contributed by atoms with van der Waals surface area (Å²) in [4.78, 5) is 0. The van der Waals surface area contributed by atoms with Gasteiger partial charge in [0.05, 0.1) is 0 Å². The molecule has 1 heteroatoms. The van der Waals surface area contributed by atoms with E-state index in [1.54, 1.807) is 0 Å². The van der Waals surface area contributed by atoms with Crippen molar-refractivity contribution in [3.05, 3.63) is 90.2 Å². The van der Waals surface area contributed by atoms with Gasteiger partial charge in [0, 0.05) is 6.54 Å². The second-order valence-corrected chi connectivity index (χ2v) is 5.44. The number of allylic oxidation sites excluding steroid dienone is 6. The average molecular weight is 293 g/mol. The molecule has 0 heterocycles. The van der Waals surface area contributed by atoms with E-state index >= 15 is 0 Å². The van der Waals surface area contributed by atoms with E-state index in [4.69, 9.17) is 0 Å². The zero-order valence-corrected chi connectivity index (χ0v) is 13.8. The van der Waals surface area contributed by atoms with Crippen LogP contribution in [0.15, 0.2) is 79.1 Å². The molecule has 0 aliphatic rings. The van der Waals surface area contributed by atoms with Gasteiger partial charge in [0.25, 0.3) is 0 Å². The van der Waals surface area contributed by atoms with Gasteiger partial charge in [-0.25, -0.2) is 0 Å². The molecule has 0 saturated carbocycles. The standard InChI is InChI=1S/C21H27N/c1-5-9-20(15-17-22-16-8-10-18(2)3)13-14-21-12-7-6-11-19(21)4/h5-7,9,11-15,17,22H,1-2,8,10,16H2,3-4H3/b14-13+,17-15-,20-9-. The lowest BCUT2D eigenvalue weighted by atomic mass is 10.1. The first-order valence-electron chi connectivity index (χ1n) is 7.74. The fourth-order valence-electron chi connectivity index (χ4n) is 1.99. The topological polar surface area (TPSA) is 12.0 Å². The lowest BCUT2D eigenvalue weighted by Crippen LogP contribution is -2.06. The third-order valence-electron chi connectivity index (χ3n) is 3.27. The summed E-state index contributed by atoms with van der Waals surface area (Å²) >= 11 is 0. The van der Waals surface area contributed by atoms with Gasteiger partial charge in [-0.3, -0.25) is 0 Å². The van der Waals surface area contributed by atoms with Crippen LogP contribution in [-0.2, 0) is 0 Å². The highest BCUT2D eigenvalue weighted by atomic mass is 14.8. The fourth-order valence-corrected chi connectivity index (χ4v) is 1.99. The second kappa shape index (κ2) is 10.4. The molecule has 0 spiro atoms. The van der Waals surface area contributed by atoms with Crippen LogP contribution >= 0.6 is 0 Å². The highest BCUT2D eigenvalue weighted by molar-refractivity contribution is 5.57. The smallest absolute Gasteiger partial charge is 0.0144 e. The summed E-state index contributed by atoms with van der Waals surface area (Å²) in [6, 6.07) is 8.36. The Hall–Kier alpha value is -2.28. The summed E-state index contributed by atoms with van der Waals surface area (Å²) in [6.07, 6.45) is 14.3. The molecule has 0 aliphatic carbocycles. The van der Waals surface area contributed by atoms with Crippen molar-refractivity contribution in [3.63, 3.8) is 0 Å². The lowest BCUT2D eigenvalue weighted by molar-refractivity contribution is 0.748. The zero-order chi connectivity index (χ0) is 16.2. The van der Waals surface area contributed by atoms with Crippen molar-refractivity contribution in [1.29, 1.82) is 0 Å². The van der Waals surface area contributed by atoms with Crippen LogP contribution in [0.2, 0.25) is 0 Å². The Balaban J connectivity index is 2.56. The van der Waals surface area contributed by atoms with E-state index in [0.717, 1.165) is 25.0 Å². The predicted molar refractivity (Wildman–Crippen MR) is 99.7 cm³/mol. The van der Waals surface area contributed by atoms with E-state index in [9.17, 15) is 0 Å². The van der Waals surface area contributed by atoms with Crippen LogP contribution in [0.4, 0.5) is 0 Å². The minimum atomic E-state index is 0.965. The summed E-state index contributed by atoms with van der Waals surface area (Å²) in [5.41, 5.74) is 4.86. The van der Waals surface area contributed by atoms with Crippen molar-refractivity contribution in [1.82, 2.24) is 5.32 Å². The molecule has 0 radical (unpaired) electrons. The number of benzene rings is 1. The van der Waals surface area contributed by atoms with Crippen LogP contribution in [0.3, 0.4) is 0 Å². The summed E-state index contributed by atoms with van der Waals surface area (Å²) in [7, 11) is 0. The molecule has 1 rings (SSSR count). The van der Waals surface area contributed by atoms with Crippen LogP contribution in [0, 0.1) is 6.92 Å². The molecule has 0 atom stereocenters. The van der Waals surface area contributed by atoms with Gasteiger partial charge in [-0.2, -0.15) is 0 Å². The molecular formula is C21H27N. The molecule has 0 fully saturated rings. The Labute approximate surface area is 135 Å². The van der Waals surface area contributed by atoms with Crippen molar-refractivity contribution in [2.45, 2.75) is 26.7 Å². The molecule has 0 amide bonds. The van der Waals surface area contributed by atoms with Crippen LogP contribution in [0.1, 0.15) is 30.9 Å². The summed E-state index contributed by atoms with van der Waals surface area (Å²) in [5.74, 6) is 0. The molecule has 1 aromatic carbocycles. The van der Waals surface area contributed by atoms with E-state index in [2.05, 4.69) is 74.8 Å². The third kappa shape index (κ3) is 7.49. The van der Waals surface area contributed by atoms with Gasteiger partial charge in [-0.15, -0.1) is 6.58 Å². The van der Waals surface area contributed by atoms with E-state index in [0.29, 0.717) is 0 Å². The lowest BCUT2D eigenvalue weighted by Gasteiger charge is -2.01. The van der Waals surface area contributed by atoms with Gasteiger partial charge < -0.3 is 5.32 Å². The van der Waals surface area contributed by atoms with Gasteiger partial charge >= 0.3 is 0 Å². The molecule has 1 nitrogen and oxygen atoms in total. The maximum Gasteiger partial charge on any atom is 0.0144 e. The zero-order valence-electron chi connectivity index (χ0n) is 13.8. The molecule has 22 heavy (non-hydrogen) atoms. The fraction of sp³-hybridized carbons (Fsp3) is 0.238. The Morgan fingerprint density at radius 1 is 1.23 bits per heavy atom. The number of nitrogens with one attached hydrogen (secondary N) is 1. The summed E-state index contributed by atoms with van der Waals surface area (Å²) in [5, 5.41) is 3.31. The highest BCUT2D eigenvalue weighted by Crippen LogP contribution is 2.11. The Kier molecular flexibility index (Phi) is 8.44. The number of aryl methyl sites for hydroxylation is 1. The van der Waals surface area contributed by atoms with Gasteiger partial charge in [-0.05, 0) is 55.7 Å². The summed E-state index contributed by atoms with van der Waals surface area (Å²) in [6.45, 7) is 12.8. The van der Waals surface area contributed by atoms with Crippen molar-refractivity contribution in [2.75, 3.05) is 6.54 Å². The molecule has 0 aromatic heterocycles. The quantitative estimate of drug-likeness (QED) is 0.356. The van der Waals surface area contributed by atoms with Crippen LogP contribution in [0.5, 0.6) is 0 Å². The van der Waals surface area contributed by atoms with Crippen LogP contribution in [0.25, 0.3) is 6.08 Å². The monoisotopic (exact) mass is 293 g/mol. The van der Waals surface area contributed by atoms with Crippen molar-refractivity contribution in [2.24, 2.45) is 0 Å². The molecule has 116 valence electrons. The number of rotatable bonds is 9. The SMILES string of the molecule is C=C/C=C(\C=C/NCCCC(=C)C)/C=C/c1ccccc1C. The largest absolute Gasteiger partial charge is 0.391 e. The van der Waals surface area contributed by atoms with E-state index < -0.39 is 0 Å². The van der Waals surface area contributed by atoms with E-state index in [1.807, 2.05) is 18.4 Å². The normalized spacial score (nSPS) is 12.0. The molecule has 1 aromatic rings. The molecule has 0 bridgehead atoms. The molecule has 1 N–H and O–H groups in total. The van der Waals surface area contributed by atoms with E-state index in [-0.39, 0.29) is 0 Å². The maximum absolute atomic E-state index is 3.91. The first-order valence-corrected chi connectivity index (χ1v) is 7.74. The van der Waals surface area contributed by atoms with Crippen molar-refractivity contribution >= 4 is 6.08 Å².